The third kappa shape index (κ3) is 42.6. The Labute approximate surface area is 480 Å². The van der Waals surface area contributed by atoms with Gasteiger partial charge in [-0.05, 0) is 89.9 Å². The monoisotopic (exact) mass is 1100 g/mol. The number of aliphatic hydroxyl groups is 5. The molecule has 0 aromatic rings. The van der Waals surface area contributed by atoms with E-state index in [0.29, 0.717) is 12.8 Å². The highest BCUT2D eigenvalue weighted by Gasteiger charge is 2.47. The summed E-state index contributed by atoms with van der Waals surface area (Å²) in [7, 11) is 0. The molecule has 1 amide bonds. The summed E-state index contributed by atoms with van der Waals surface area (Å²) in [6.07, 6.45) is 65.3. The van der Waals surface area contributed by atoms with Gasteiger partial charge in [-0.1, -0.05) is 258 Å². The second-order valence-electron chi connectivity index (χ2n) is 21.1. The predicted octanol–water partition coefficient (Wildman–Crippen LogP) is 15.1. The minimum atomic E-state index is -1.63. The molecular weight excluding hydrogens is 991 g/mol. The van der Waals surface area contributed by atoms with Crippen LogP contribution in [0, 0.1) is 0 Å². The molecule has 1 aliphatic rings. The molecule has 11 nitrogen and oxygen atoms in total. The Bertz CT molecular complexity index is 1740. The Morgan fingerprint density at radius 1 is 0.519 bits per heavy atom. The van der Waals surface area contributed by atoms with Gasteiger partial charge < -0.3 is 45.1 Å². The molecule has 1 rings (SSSR count). The van der Waals surface area contributed by atoms with Crippen LogP contribution in [0.4, 0.5) is 0 Å². The maximum absolute atomic E-state index is 13.4. The fraction of sp³-hybridized carbons (Fsp3) is 0.676. The molecule has 8 unspecified atom stereocenters. The summed E-state index contributed by atoms with van der Waals surface area (Å²) in [4.78, 5) is 26.5. The molecule has 1 saturated heterocycles. The van der Waals surface area contributed by atoms with Crippen LogP contribution >= 0.6 is 0 Å². The molecule has 0 aromatic carbocycles. The summed E-state index contributed by atoms with van der Waals surface area (Å²) in [5.74, 6) is -1.25. The van der Waals surface area contributed by atoms with E-state index in [2.05, 4.69) is 92.9 Å². The van der Waals surface area contributed by atoms with Gasteiger partial charge in [0, 0.05) is 6.42 Å². The highest BCUT2D eigenvalue weighted by atomic mass is 16.7. The Morgan fingerprint density at radius 2 is 0.975 bits per heavy atom. The lowest BCUT2D eigenvalue weighted by Gasteiger charge is -2.41. The SMILES string of the molecule is CC/C=C\C/C=C\C/C=C\C/C=C\C/C=C\CCCCCCCCCCCC(=O)OC1C(OCC(NC(=O)C(O)CCCC\C=C/C=C\C=C\C=C\CC)C(O)/C=C/CCCCCCCCCCCCC)OC(CO)C(O)C1O. The van der Waals surface area contributed by atoms with Crippen molar-refractivity contribution in [2.24, 2.45) is 0 Å². The number of carbonyl (C=O) groups is 2. The van der Waals surface area contributed by atoms with Crippen LogP contribution in [0.1, 0.15) is 233 Å². The van der Waals surface area contributed by atoms with E-state index in [1.165, 1.54) is 77.0 Å². The van der Waals surface area contributed by atoms with Crippen LogP contribution in [0.5, 0.6) is 0 Å². The van der Waals surface area contributed by atoms with Crippen LogP contribution < -0.4 is 5.32 Å². The highest BCUT2D eigenvalue weighted by molar-refractivity contribution is 5.80. The van der Waals surface area contributed by atoms with Crippen molar-refractivity contribution in [1.29, 1.82) is 0 Å². The lowest BCUT2D eigenvalue weighted by atomic mass is 9.99. The maximum Gasteiger partial charge on any atom is 0.306 e. The Balaban J connectivity index is 2.64. The first-order chi connectivity index (χ1) is 38.7. The molecule has 0 bridgehead atoms. The number of unbranched alkanes of at least 4 members (excludes halogenated alkanes) is 22. The summed E-state index contributed by atoms with van der Waals surface area (Å²) in [5.41, 5.74) is 0. The molecule has 450 valence electrons. The second kappa shape index (κ2) is 54.6. The zero-order valence-electron chi connectivity index (χ0n) is 49.7. The number of hydrogen-bond donors (Lipinski definition) is 6. The quantitative estimate of drug-likeness (QED) is 0.0149. The number of esters is 1. The Kier molecular flexibility index (Phi) is 50.5. The standard InChI is InChI=1S/C68H113NO10/c1-4-7-10-13-16-19-22-25-26-27-28-29-30-31-32-33-34-35-36-38-41-44-47-50-53-56-63(73)79-66-65(75)64(74)62(57-70)78-68(66)77-58-59(60(71)54-51-48-45-42-40-37-23-20-17-14-11-8-5-2)69-67(76)61(72)55-52-49-46-43-39-24-21-18-15-12-9-6-3/h7,9-10,12,15-16,18-19,21,24-26,28-29,31-32,39,43,51,54,59-62,64-66,68,70-72,74-75H,4-6,8,11,13-14,17,20,22-23,27,30,33-38,40-42,44-50,52-53,55-58H2,1-3H3,(H,69,76)/b10-7-,12-9+,18-15+,19-16-,24-21-,26-25-,29-28-,32-31-,43-39-,54-51+. The smallest absolute Gasteiger partial charge is 0.306 e. The Morgan fingerprint density at radius 3 is 1.52 bits per heavy atom. The van der Waals surface area contributed by atoms with Crippen molar-refractivity contribution < 1.29 is 49.3 Å². The minimum Gasteiger partial charge on any atom is -0.454 e. The number of aliphatic hydroxyl groups excluding tert-OH is 5. The van der Waals surface area contributed by atoms with E-state index >= 15 is 0 Å². The molecule has 0 aliphatic carbocycles. The topological polar surface area (TPSA) is 175 Å². The number of allylic oxidation sites excluding steroid dienone is 19. The number of rotatable bonds is 51. The van der Waals surface area contributed by atoms with Crippen LogP contribution in [0.3, 0.4) is 0 Å². The van der Waals surface area contributed by atoms with Gasteiger partial charge in [-0.3, -0.25) is 9.59 Å². The predicted molar refractivity (Wildman–Crippen MR) is 328 cm³/mol. The van der Waals surface area contributed by atoms with Gasteiger partial charge in [0.15, 0.2) is 12.4 Å². The van der Waals surface area contributed by atoms with Gasteiger partial charge in [0.2, 0.25) is 5.91 Å². The number of carbonyl (C=O) groups excluding carboxylic acids is 2. The van der Waals surface area contributed by atoms with Crippen molar-refractivity contribution in [2.75, 3.05) is 13.2 Å². The zero-order valence-corrected chi connectivity index (χ0v) is 49.7. The van der Waals surface area contributed by atoms with E-state index < -0.39 is 67.4 Å². The summed E-state index contributed by atoms with van der Waals surface area (Å²) in [6.45, 7) is 5.49. The second-order valence-corrected chi connectivity index (χ2v) is 21.1. The van der Waals surface area contributed by atoms with Crippen molar-refractivity contribution in [3.05, 3.63) is 122 Å². The Hall–Kier alpha value is -3.94. The van der Waals surface area contributed by atoms with Gasteiger partial charge in [-0.15, -0.1) is 0 Å². The first-order valence-corrected chi connectivity index (χ1v) is 31.4. The molecule has 6 N–H and O–H groups in total. The molecule has 0 aromatic heterocycles. The van der Waals surface area contributed by atoms with Gasteiger partial charge in [0.25, 0.3) is 0 Å². The molecule has 11 heteroatoms. The van der Waals surface area contributed by atoms with Crippen LogP contribution in [-0.2, 0) is 23.8 Å². The van der Waals surface area contributed by atoms with Crippen molar-refractivity contribution in [3.8, 4) is 0 Å². The molecule has 1 aliphatic heterocycles. The average molecular weight is 1100 g/mol. The van der Waals surface area contributed by atoms with Gasteiger partial charge in [0.1, 0.15) is 24.4 Å². The maximum atomic E-state index is 13.4. The van der Waals surface area contributed by atoms with Crippen molar-refractivity contribution in [1.82, 2.24) is 5.32 Å². The number of hydrogen-bond acceptors (Lipinski definition) is 10. The fourth-order valence-corrected chi connectivity index (χ4v) is 9.04. The third-order valence-electron chi connectivity index (χ3n) is 14.0. The molecular formula is C68H113NO10. The van der Waals surface area contributed by atoms with Crippen LogP contribution in [-0.4, -0.2) is 99.6 Å². The minimum absolute atomic E-state index is 0.104. The van der Waals surface area contributed by atoms with E-state index in [0.717, 1.165) is 109 Å². The average Bonchev–Trinajstić information content (AvgIpc) is 3.48. The summed E-state index contributed by atoms with van der Waals surface area (Å²) in [6, 6.07) is -1.05. The molecule has 0 spiro atoms. The van der Waals surface area contributed by atoms with Crippen molar-refractivity contribution in [3.63, 3.8) is 0 Å². The van der Waals surface area contributed by atoms with E-state index in [1.54, 1.807) is 6.08 Å². The highest BCUT2D eigenvalue weighted by Crippen LogP contribution is 2.26. The zero-order chi connectivity index (χ0) is 57.5. The molecule has 0 saturated carbocycles. The molecule has 1 heterocycles. The van der Waals surface area contributed by atoms with E-state index in [1.807, 2.05) is 48.6 Å². The number of amides is 1. The van der Waals surface area contributed by atoms with Gasteiger partial charge in [-0.2, -0.15) is 0 Å². The lowest BCUT2D eigenvalue weighted by molar-refractivity contribution is -0.305. The molecule has 1 fully saturated rings. The first kappa shape index (κ1) is 73.1. The number of ether oxygens (including phenoxy) is 3. The molecule has 8 atom stereocenters. The van der Waals surface area contributed by atoms with Crippen LogP contribution in [0.2, 0.25) is 0 Å². The van der Waals surface area contributed by atoms with Crippen LogP contribution in [0.15, 0.2) is 122 Å². The largest absolute Gasteiger partial charge is 0.454 e. The normalized spacial score (nSPS) is 19.7. The van der Waals surface area contributed by atoms with Crippen molar-refractivity contribution in [2.45, 2.75) is 282 Å². The third-order valence-corrected chi connectivity index (χ3v) is 14.0. The molecule has 79 heavy (non-hydrogen) atoms. The first-order valence-electron chi connectivity index (χ1n) is 31.4. The van der Waals surface area contributed by atoms with E-state index in [4.69, 9.17) is 14.2 Å². The van der Waals surface area contributed by atoms with Gasteiger partial charge in [0.05, 0.1) is 25.4 Å². The summed E-state index contributed by atoms with van der Waals surface area (Å²) < 4.78 is 17.6. The van der Waals surface area contributed by atoms with E-state index in [-0.39, 0.29) is 19.4 Å². The molecule has 0 radical (unpaired) electrons. The van der Waals surface area contributed by atoms with E-state index in [9.17, 15) is 35.1 Å². The van der Waals surface area contributed by atoms with Crippen LogP contribution in [0.25, 0.3) is 0 Å². The summed E-state index contributed by atoms with van der Waals surface area (Å²) in [5, 5.41) is 56.9. The lowest BCUT2D eigenvalue weighted by Crippen LogP contribution is -2.61. The van der Waals surface area contributed by atoms with Gasteiger partial charge in [-0.25, -0.2) is 0 Å². The van der Waals surface area contributed by atoms with Crippen molar-refractivity contribution >= 4 is 11.9 Å². The number of nitrogens with one attached hydrogen (secondary N) is 1. The van der Waals surface area contributed by atoms with Gasteiger partial charge >= 0.3 is 5.97 Å². The fourth-order valence-electron chi connectivity index (χ4n) is 9.04. The summed E-state index contributed by atoms with van der Waals surface area (Å²) >= 11 is 0.